The summed E-state index contributed by atoms with van der Waals surface area (Å²) in [4.78, 5) is 26.7. The van der Waals surface area contributed by atoms with E-state index in [2.05, 4.69) is 15.5 Å². The van der Waals surface area contributed by atoms with Gasteiger partial charge < -0.3 is 15.5 Å². The molecule has 0 unspecified atom stereocenters. The Labute approximate surface area is 134 Å². The highest BCUT2D eigenvalue weighted by atomic mass is 16.2. The van der Waals surface area contributed by atoms with Crippen LogP contribution in [0.15, 0.2) is 48.5 Å². The second-order valence-corrected chi connectivity index (χ2v) is 5.89. The highest BCUT2D eigenvalue weighted by Gasteiger charge is 2.36. The van der Waals surface area contributed by atoms with Gasteiger partial charge in [0.15, 0.2) is 0 Å². The van der Waals surface area contributed by atoms with Crippen molar-refractivity contribution in [3.63, 3.8) is 0 Å². The van der Waals surface area contributed by atoms with E-state index in [1.165, 1.54) is 0 Å². The SMILES string of the molecule is O=C(Nc1ccccc1)c1ccc2c(c1)NC(=O)[C@H]1CCCN21. The smallest absolute Gasteiger partial charge is 0.255 e. The average molecular weight is 307 g/mol. The van der Waals surface area contributed by atoms with Gasteiger partial charge in [-0.05, 0) is 43.2 Å². The summed E-state index contributed by atoms with van der Waals surface area (Å²) in [5.74, 6) is -0.160. The summed E-state index contributed by atoms with van der Waals surface area (Å²) in [5, 5.41) is 5.79. The molecule has 116 valence electrons. The van der Waals surface area contributed by atoms with E-state index in [-0.39, 0.29) is 17.9 Å². The van der Waals surface area contributed by atoms with Crippen LogP contribution in [-0.4, -0.2) is 24.4 Å². The summed E-state index contributed by atoms with van der Waals surface area (Å²) >= 11 is 0. The highest BCUT2D eigenvalue weighted by molar-refractivity contribution is 6.08. The quantitative estimate of drug-likeness (QED) is 0.897. The molecule has 2 aliphatic rings. The fourth-order valence-electron chi connectivity index (χ4n) is 3.30. The molecule has 2 amide bonds. The predicted octanol–water partition coefficient (Wildman–Crippen LogP) is 2.86. The molecule has 0 bridgehead atoms. The number of nitrogens with one attached hydrogen (secondary N) is 2. The number of anilines is 3. The Balaban J connectivity index is 1.61. The molecule has 2 N–H and O–H groups in total. The van der Waals surface area contributed by atoms with Crippen LogP contribution in [-0.2, 0) is 4.79 Å². The van der Waals surface area contributed by atoms with Crippen molar-refractivity contribution in [1.82, 2.24) is 0 Å². The summed E-state index contributed by atoms with van der Waals surface area (Å²) in [5.41, 5.74) is 3.00. The van der Waals surface area contributed by atoms with Crippen LogP contribution in [0.4, 0.5) is 17.1 Å². The van der Waals surface area contributed by atoms with Crippen LogP contribution in [0, 0.1) is 0 Å². The first-order valence-electron chi connectivity index (χ1n) is 7.80. The van der Waals surface area contributed by atoms with Gasteiger partial charge >= 0.3 is 0 Å². The Morgan fingerprint density at radius 2 is 2.00 bits per heavy atom. The van der Waals surface area contributed by atoms with Crippen LogP contribution in [0.3, 0.4) is 0 Å². The molecule has 0 saturated carbocycles. The Hall–Kier alpha value is -2.82. The predicted molar refractivity (Wildman–Crippen MR) is 89.8 cm³/mol. The second-order valence-electron chi connectivity index (χ2n) is 5.89. The molecule has 4 rings (SSSR count). The number of rotatable bonds is 2. The summed E-state index contributed by atoms with van der Waals surface area (Å²) in [7, 11) is 0. The van der Waals surface area contributed by atoms with Crippen molar-refractivity contribution in [2.24, 2.45) is 0 Å². The Morgan fingerprint density at radius 1 is 1.17 bits per heavy atom. The number of benzene rings is 2. The molecular formula is C18H17N3O2. The zero-order chi connectivity index (χ0) is 15.8. The molecule has 5 heteroatoms. The number of nitrogens with zero attached hydrogens (tertiary/aromatic N) is 1. The molecule has 1 saturated heterocycles. The Kier molecular flexibility index (Phi) is 3.26. The standard InChI is InChI=1S/C18H17N3O2/c22-17(19-13-5-2-1-3-6-13)12-8-9-15-14(11-12)20-18(23)16-7-4-10-21(15)16/h1-3,5-6,8-9,11,16H,4,7,10H2,(H,19,22)(H,20,23)/t16-/m1/s1. The molecule has 2 aliphatic heterocycles. The lowest BCUT2D eigenvalue weighted by Crippen LogP contribution is -2.43. The van der Waals surface area contributed by atoms with E-state index < -0.39 is 0 Å². The highest BCUT2D eigenvalue weighted by Crippen LogP contribution is 2.37. The number of para-hydroxylation sites is 1. The topological polar surface area (TPSA) is 61.4 Å². The summed E-state index contributed by atoms with van der Waals surface area (Å²) in [6.07, 6.45) is 1.91. The van der Waals surface area contributed by atoms with Gasteiger partial charge in [0.25, 0.3) is 5.91 Å². The zero-order valence-corrected chi connectivity index (χ0v) is 12.6. The molecule has 2 aromatic carbocycles. The van der Waals surface area contributed by atoms with Crippen molar-refractivity contribution in [3.8, 4) is 0 Å². The number of hydrogen-bond acceptors (Lipinski definition) is 3. The van der Waals surface area contributed by atoms with Crippen molar-refractivity contribution in [2.75, 3.05) is 22.1 Å². The summed E-state index contributed by atoms with van der Waals surface area (Å²) in [6.45, 7) is 0.890. The van der Waals surface area contributed by atoms with Crippen LogP contribution in [0.2, 0.25) is 0 Å². The van der Waals surface area contributed by atoms with E-state index in [1.54, 1.807) is 6.07 Å². The van der Waals surface area contributed by atoms with Gasteiger partial charge in [0.05, 0.1) is 11.4 Å². The monoisotopic (exact) mass is 307 g/mol. The van der Waals surface area contributed by atoms with Gasteiger partial charge in [-0.1, -0.05) is 18.2 Å². The Morgan fingerprint density at radius 3 is 2.83 bits per heavy atom. The lowest BCUT2D eigenvalue weighted by Gasteiger charge is -2.33. The molecule has 1 atom stereocenters. The average Bonchev–Trinajstić information content (AvgIpc) is 3.06. The van der Waals surface area contributed by atoms with Crippen molar-refractivity contribution < 1.29 is 9.59 Å². The summed E-state index contributed by atoms with van der Waals surface area (Å²) in [6, 6.07) is 14.7. The number of amides is 2. The van der Waals surface area contributed by atoms with Gasteiger partial charge in [0.1, 0.15) is 6.04 Å². The maximum Gasteiger partial charge on any atom is 0.255 e. The minimum absolute atomic E-state index is 0.0237. The number of carbonyl (C=O) groups excluding carboxylic acids is 2. The lowest BCUT2D eigenvalue weighted by molar-refractivity contribution is -0.117. The minimum Gasteiger partial charge on any atom is -0.358 e. The van der Waals surface area contributed by atoms with Gasteiger partial charge in [0, 0.05) is 17.8 Å². The third-order valence-corrected chi connectivity index (χ3v) is 4.41. The fraction of sp³-hybridized carbons (Fsp3) is 0.222. The van der Waals surface area contributed by atoms with Gasteiger partial charge in [-0.3, -0.25) is 9.59 Å². The first-order valence-corrected chi connectivity index (χ1v) is 7.80. The van der Waals surface area contributed by atoms with Crippen LogP contribution in [0.1, 0.15) is 23.2 Å². The van der Waals surface area contributed by atoms with E-state index in [1.807, 2.05) is 42.5 Å². The third-order valence-electron chi connectivity index (χ3n) is 4.41. The maximum atomic E-state index is 12.4. The van der Waals surface area contributed by atoms with Gasteiger partial charge in [-0.25, -0.2) is 0 Å². The van der Waals surface area contributed by atoms with Gasteiger partial charge in [0.2, 0.25) is 5.91 Å². The molecule has 23 heavy (non-hydrogen) atoms. The van der Waals surface area contributed by atoms with Crippen LogP contribution < -0.4 is 15.5 Å². The van der Waals surface area contributed by atoms with E-state index >= 15 is 0 Å². The van der Waals surface area contributed by atoms with E-state index in [4.69, 9.17) is 0 Å². The molecule has 0 aliphatic carbocycles. The van der Waals surface area contributed by atoms with E-state index in [0.29, 0.717) is 11.3 Å². The van der Waals surface area contributed by atoms with E-state index in [0.717, 1.165) is 30.8 Å². The fourth-order valence-corrected chi connectivity index (χ4v) is 3.30. The molecule has 1 fully saturated rings. The molecule has 5 nitrogen and oxygen atoms in total. The number of fused-ring (bicyclic) bond motifs is 3. The zero-order valence-electron chi connectivity index (χ0n) is 12.6. The van der Waals surface area contributed by atoms with E-state index in [9.17, 15) is 9.59 Å². The molecule has 0 spiro atoms. The van der Waals surface area contributed by atoms with Crippen molar-refractivity contribution in [1.29, 1.82) is 0 Å². The van der Waals surface area contributed by atoms with Gasteiger partial charge in [-0.15, -0.1) is 0 Å². The van der Waals surface area contributed by atoms with Crippen LogP contribution >= 0.6 is 0 Å². The number of hydrogen-bond donors (Lipinski definition) is 2. The number of carbonyl (C=O) groups is 2. The molecular weight excluding hydrogens is 290 g/mol. The van der Waals surface area contributed by atoms with Crippen molar-refractivity contribution in [3.05, 3.63) is 54.1 Å². The third kappa shape index (κ3) is 2.44. The molecule has 0 aromatic heterocycles. The minimum atomic E-state index is -0.184. The van der Waals surface area contributed by atoms with Crippen molar-refractivity contribution in [2.45, 2.75) is 18.9 Å². The van der Waals surface area contributed by atoms with Crippen molar-refractivity contribution >= 4 is 28.9 Å². The largest absolute Gasteiger partial charge is 0.358 e. The summed E-state index contributed by atoms with van der Waals surface area (Å²) < 4.78 is 0. The second kappa shape index (κ2) is 5.43. The van der Waals surface area contributed by atoms with Gasteiger partial charge in [-0.2, -0.15) is 0 Å². The van der Waals surface area contributed by atoms with Crippen LogP contribution in [0.25, 0.3) is 0 Å². The first-order chi connectivity index (χ1) is 11.2. The Bertz CT molecular complexity index is 773. The molecule has 0 radical (unpaired) electrons. The first kappa shape index (κ1) is 13.8. The lowest BCUT2D eigenvalue weighted by atomic mass is 10.1. The molecule has 2 aromatic rings. The normalized spacial score (nSPS) is 18.9. The molecule has 2 heterocycles. The van der Waals surface area contributed by atoms with Crippen LogP contribution in [0.5, 0.6) is 0 Å². The maximum absolute atomic E-state index is 12.4.